The van der Waals surface area contributed by atoms with Crippen LogP contribution in [-0.2, 0) is 4.79 Å². The first kappa shape index (κ1) is 16.4. The molecular formula is C16H30O. The normalized spacial score (nSPS) is 11.2. The fraction of sp³-hybridized carbons (Fsp3) is 0.812. The summed E-state index contributed by atoms with van der Waals surface area (Å²) in [4.78, 5) is 10.7. The Morgan fingerprint density at radius 1 is 0.824 bits per heavy atom. The summed E-state index contributed by atoms with van der Waals surface area (Å²) in [6, 6.07) is 0. The van der Waals surface area contributed by atoms with Crippen molar-refractivity contribution in [3.05, 3.63) is 12.2 Å². The first-order chi connectivity index (χ1) is 8.27. The van der Waals surface area contributed by atoms with E-state index in [0.717, 1.165) is 6.42 Å². The Balaban J connectivity index is 3.03. The van der Waals surface area contributed by atoms with Crippen LogP contribution in [0.4, 0.5) is 0 Å². The molecule has 0 heterocycles. The van der Waals surface area contributed by atoms with Gasteiger partial charge in [0, 0.05) is 6.42 Å². The summed E-state index contributed by atoms with van der Waals surface area (Å²) in [6.45, 7) is 3.91. The molecular weight excluding hydrogens is 208 g/mol. The number of Topliss-reactive ketones (excluding diaryl/α,β-unsaturated/α-hetero) is 1. The van der Waals surface area contributed by atoms with Crippen molar-refractivity contribution < 1.29 is 4.79 Å². The Bertz CT molecular complexity index is 194. The third-order valence-electron chi connectivity index (χ3n) is 3.05. The molecule has 1 heteroatoms. The fourth-order valence-electron chi connectivity index (χ4n) is 1.94. The van der Waals surface area contributed by atoms with Gasteiger partial charge in [0.05, 0.1) is 0 Å². The number of unbranched alkanes of at least 4 members (excludes halogenated alkanes) is 9. The summed E-state index contributed by atoms with van der Waals surface area (Å²) in [6.07, 6.45) is 18.3. The van der Waals surface area contributed by atoms with E-state index in [2.05, 4.69) is 13.0 Å². The largest absolute Gasteiger partial charge is 0.300 e. The van der Waals surface area contributed by atoms with Gasteiger partial charge in [-0.3, -0.25) is 4.79 Å². The van der Waals surface area contributed by atoms with Crippen LogP contribution >= 0.6 is 0 Å². The van der Waals surface area contributed by atoms with Gasteiger partial charge in [0.1, 0.15) is 5.78 Å². The van der Waals surface area contributed by atoms with Gasteiger partial charge >= 0.3 is 0 Å². The van der Waals surface area contributed by atoms with Crippen LogP contribution in [0.25, 0.3) is 0 Å². The molecule has 0 fully saturated rings. The highest BCUT2D eigenvalue weighted by molar-refractivity contribution is 5.76. The molecule has 0 unspecified atom stereocenters. The van der Waals surface area contributed by atoms with Gasteiger partial charge in [0.2, 0.25) is 0 Å². The minimum atomic E-state index is 0.258. The second-order valence-corrected chi connectivity index (χ2v) is 4.99. The molecule has 0 aliphatic rings. The number of carbonyl (C=O) groups excluding carboxylic acids is 1. The van der Waals surface area contributed by atoms with Crippen LogP contribution in [0.5, 0.6) is 0 Å². The van der Waals surface area contributed by atoms with Gasteiger partial charge in [0.15, 0.2) is 0 Å². The highest BCUT2D eigenvalue weighted by atomic mass is 16.1. The van der Waals surface area contributed by atoms with E-state index in [9.17, 15) is 4.79 Å². The second kappa shape index (κ2) is 13.5. The third kappa shape index (κ3) is 15.4. The minimum absolute atomic E-state index is 0.258. The van der Waals surface area contributed by atoms with Crippen molar-refractivity contribution in [2.24, 2.45) is 0 Å². The molecule has 1 nitrogen and oxygen atoms in total. The Morgan fingerprint density at radius 3 is 1.88 bits per heavy atom. The maximum Gasteiger partial charge on any atom is 0.133 e. The van der Waals surface area contributed by atoms with E-state index in [0.29, 0.717) is 6.42 Å². The van der Waals surface area contributed by atoms with Gasteiger partial charge in [0.25, 0.3) is 0 Å². The molecule has 0 aliphatic carbocycles. The maximum atomic E-state index is 10.7. The van der Waals surface area contributed by atoms with E-state index in [1.807, 2.05) is 6.08 Å². The minimum Gasteiger partial charge on any atom is -0.300 e. The number of hydrogen-bond acceptors (Lipinski definition) is 1. The van der Waals surface area contributed by atoms with Gasteiger partial charge in [-0.2, -0.15) is 0 Å². The summed E-state index contributed by atoms with van der Waals surface area (Å²) in [5.74, 6) is 0.258. The highest BCUT2D eigenvalue weighted by Gasteiger charge is 1.91. The number of allylic oxidation sites excluding steroid dienone is 2. The SMILES string of the molecule is CCCCCCCCCCCC=CCC(C)=O. The zero-order valence-electron chi connectivity index (χ0n) is 11.8. The monoisotopic (exact) mass is 238 g/mol. The van der Waals surface area contributed by atoms with Crippen molar-refractivity contribution in [2.75, 3.05) is 0 Å². The Labute approximate surface area is 108 Å². The lowest BCUT2D eigenvalue weighted by Crippen LogP contribution is -1.84. The van der Waals surface area contributed by atoms with E-state index < -0.39 is 0 Å². The third-order valence-corrected chi connectivity index (χ3v) is 3.05. The first-order valence-electron chi connectivity index (χ1n) is 7.41. The zero-order valence-corrected chi connectivity index (χ0v) is 11.8. The molecule has 0 radical (unpaired) electrons. The predicted molar refractivity (Wildman–Crippen MR) is 76.3 cm³/mol. The molecule has 17 heavy (non-hydrogen) atoms. The van der Waals surface area contributed by atoms with Crippen LogP contribution in [0.1, 0.15) is 84.5 Å². The van der Waals surface area contributed by atoms with Crippen LogP contribution in [0, 0.1) is 0 Å². The van der Waals surface area contributed by atoms with Crippen molar-refractivity contribution in [3.8, 4) is 0 Å². The lowest BCUT2D eigenvalue weighted by atomic mass is 10.1. The van der Waals surface area contributed by atoms with E-state index in [1.165, 1.54) is 57.8 Å². The van der Waals surface area contributed by atoms with Crippen LogP contribution in [0.2, 0.25) is 0 Å². The quantitative estimate of drug-likeness (QED) is 0.327. The van der Waals surface area contributed by atoms with Gasteiger partial charge in [-0.1, -0.05) is 70.4 Å². The summed E-state index contributed by atoms with van der Waals surface area (Å²) >= 11 is 0. The average molecular weight is 238 g/mol. The molecule has 0 aromatic carbocycles. The van der Waals surface area contributed by atoms with Gasteiger partial charge in [-0.15, -0.1) is 0 Å². The molecule has 0 bridgehead atoms. The van der Waals surface area contributed by atoms with Crippen molar-refractivity contribution in [3.63, 3.8) is 0 Å². The molecule has 0 aromatic rings. The molecule has 0 atom stereocenters. The molecule has 0 saturated heterocycles. The average Bonchev–Trinajstić information content (AvgIpc) is 2.30. The van der Waals surface area contributed by atoms with Gasteiger partial charge < -0.3 is 0 Å². The van der Waals surface area contributed by atoms with Crippen molar-refractivity contribution in [1.82, 2.24) is 0 Å². The van der Waals surface area contributed by atoms with E-state index >= 15 is 0 Å². The van der Waals surface area contributed by atoms with Crippen molar-refractivity contribution in [1.29, 1.82) is 0 Å². The number of rotatable bonds is 12. The number of hydrogen-bond donors (Lipinski definition) is 0. The van der Waals surface area contributed by atoms with Crippen LogP contribution in [-0.4, -0.2) is 5.78 Å². The second-order valence-electron chi connectivity index (χ2n) is 4.99. The van der Waals surface area contributed by atoms with Crippen LogP contribution in [0.3, 0.4) is 0 Å². The first-order valence-corrected chi connectivity index (χ1v) is 7.41. The Hall–Kier alpha value is -0.590. The smallest absolute Gasteiger partial charge is 0.133 e. The Kier molecular flexibility index (Phi) is 13.0. The van der Waals surface area contributed by atoms with E-state index in [-0.39, 0.29) is 5.78 Å². The van der Waals surface area contributed by atoms with Crippen molar-refractivity contribution in [2.45, 2.75) is 84.5 Å². The number of ketones is 1. The summed E-state index contributed by atoms with van der Waals surface area (Å²) < 4.78 is 0. The number of carbonyl (C=O) groups is 1. The molecule has 0 amide bonds. The summed E-state index contributed by atoms with van der Waals surface area (Å²) in [5, 5.41) is 0. The predicted octanol–water partition coefficient (Wildman–Crippen LogP) is 5.44. The maximum absolute atomic E-state index is 10.7. The molecule has 0 spiro atoms. The lowest BCUT2D eigenvalue weighted by Gasteiger charge is -2.00. The molecule has 0 saturated carbocycles. The van der Waals surface area contributed by atoms with Crippen molar-refractivity contribution >= 4 is 5.78 Å². The molecule has 0 rings (SSSR count). The lowest BCUT2D eigenvalue weighted by molar-refractivity contribution is -0.116. The topological polar surface area (TPSA) is 17.1 Å². The molecule has 0 aliphatic heterocycles. The summed E-state index contributed by atoms with van der Waals surface area (Å²) in [7, 11) is 0. The van der Waals surface area contributed by atoms with Gasteiger partial charge in [-0.05, 0) is 19.8 Å². The Morgan fingerprint density at radius 2 is 1.35 bits per heavy atom. The van der Waals surface area contributed by atoms with Crippen LogP contribution in [0.15, 0.2) is 12.2 Å². The zero-order chi connectivity index (χ0) is 12.8. The molecule has 0 N–H and O–H groups in total. The van der Waals surface area contributed by atoms with E-state index in [1.54, 1.807) is 6.92 Å². The van der Waals surface area contributed by atoms with Crippen LogP contribution < -0.4 is 0 Å². The molecule has 100 valence electrons. The standard InChI is InChI=1S/C16H30O/c1-3-4-5-6-7-8-9-10-11-12-13-14-15-16(2)17/h13-14H,3-12,15H2,1-2H3. The van der Waals surface area contributed by atoms with Gasteiger partial charge in [-0.25, -0.2) is 0 Å². The van der Waals surface area contributed by atoms with E-state index in [4.69, 9.17) is 0 Å². The summed E-state index contributed by atoms with van der Waals surface area (Å²) in [5.41, 5.74) is 0. The molecule has 0 aromatic heterocycles. The fourth-order valence-corrected chi connectivity index (χ4v) is 1.94. The highest BCUT2D eigenvalue weighted by Crippen LogP contribution is 2.10.